The first kappa shape index (κ1) is 19.8. The molecule has 3 saturated heterocycles. The number of benzene rings is 2. The summed E-state index contributed by atoms with van der Waals surface area (Å²) < 4.78 is 13.0. The predicted molar refractivity (Wildman–Crippen MR) is 116 cm³/mol. The zero-order chi connectivity index (χ0) is 20.9. The zero-order valence-corrected chi connectivity index (χ0v) is 18.2. The van der Waals surface area contributed by atoms with Gasteiger partial charge in [0.15, 0.2) is 0 Å². The minimum absolute atomic E-state index is 0.0193. The molecule has 0 saturated carbocycles. The van der Waals surface area contributed by atoms with Crippen molar-refractivity contribution in [1.29, 1.82) is 0 Å². The highest BCUT2D eigenvalue weighted by atomic mass is 16.6. The van der Waals surface area contributed by atoms with Gasteiger partial charge >= 0.3 is 5.97 Å². The summed E-state index contributed by atoms with van der Waals surface area (Å²) >= 11 is 0. The normalized spacial score (nSPS) is 31.9. The van der Waals surface area contributed by atoms with E-state index in [0.717, 1.165) is 35.1 Å². The maximum Gasteiger partial charge on any atom is 0.321 e. The van der Waals surface area contributed by atoms with Crippen molar-refractivity contribution in [2.75, 3.05) is 20.7 Å². The van der Waals surface area contributed by atoms with Crippen molar-refractivity contribution in [1.82, 2.24) is 0 Å². The second kappa shape index (κ2) is 7.21. The Kier molecular flexibility index (Phi) is 4.75. The Balaban J connectivity index is 1.41. The van der Waals surface area contributed by atoms with Crippen LogP contribution in [0.1, 0.15) is 37.3 Å². The molecule has 2 aromatic carbocycles. The number of nitrogens with zero attached hydrogens (tertiary/aromatic N) is 1. The van der Waals surface area contributed by atoms with Gasteiger partial charge in [-0.3, -0.25) is 4.79 Å². The van der Waals surface area contributed by atoms with Gasteiger partial charge in [-0.05, 0) is 18.1 Å². The molecule has 4 heteroatoms. The van der Waals surface area contributed by atoms with Crippen LogP contribution in [0.15, 0.2) is 60.7 Å². The number of hydrogen-bond acceptors (Lipinski definition) is 3. The van der Waals surface area contributed by atoms with Crippen molar-refractivity contribution >= 4 is 5.97 Å². The van der Waals surface area contributed by atoms with E-state index in [1.165, 1.54) is 6.42 Å². The third-order valence-corrected chi connectivity index (χ3v) is 8.09. The Morgan fingerprint density at radius 1 is 0.967 bits per heavy atom. The Hall–Kier alpha value is -2.17. The third-order valence-electron chi connectivity index (χ3n) is 8.09. The summed E-state index contributed by atoms with van der Waals surface area (Å²) in [6.45, 7) is 2.90. The molecule has 30 heavy (non-hydrogen) atoms. The Bertz CT molecular complexity index is 867. The lowest BCUT2D eigenvalue weighted by Crippen LogP contribution is -2.57. The summed E-state index contributed by atoms with van der Waals surface area (Å²) in [4.78, 5) is 13.7. The van der Waals surface area contributed by atoms with Crippen molar-refractivity contribution in [3.63, 3.8) is 0 Å². The number of carbonyl (C=O) groups excluding carboxylic acids is 1. The highest BCUT2D eigenvalue weighted by Gasteiger charge is 2.59. The first-order chi connectivity index (χ1) is 14.4. The monoisotopic (exact) mass is 406 g/mol. The minimum Gasteiger partial charge on any atom is -0.461 e. The lowest BCUT2D eigenvalue weighted by molar-refractivity contribution is -0.933. The number of ether oxygens (including phenoxy) is 2. The Morgan fingerprint density at radius 2 is 1.53 bits per heavy atom. The first-order valence-corrected chi connectivity index (χ1v) is 11.2. The van der Waals surface area contributed by atoms with E-state index >= 15 is 0 Å². The molecule has 0 amide bonds. The maximum absolute atomic E-state index is 13.7. The largest absolute Gasteiger partial charge is 0.461 e. The minimum atomic E-state index is -0.817. The molecule has 5 atom stereocenters. The molecule has 0 aromatic heterocycles. The first-order valence-electron chi connectivity index (χ1n) is 11.2. The van der Waals surface area contributed by atoms with Gasteiger partial charge in [0.1, 0.15) is 11.5 Å². The molecule has 158 valence electrons. The van der Waals surface area contributed by atoms with Crippen molar-refractivity contribution in [2.24, 2.45) is 5.92 Å². The highest BCUT2D eigenvalue weighted by Crippen LogP contribution is 2.48. The molecular formula is C26H32NO3+. The number of rotatable bonds is 5. The van der Waals surface area contributed by atoms with Gasteiger partial charge in [-0.25, -0.2) is 0 Å². The summed E-state index contributed by atoms with van der Waals surface area (Å²) in [7, 11) is 4.68. The lowest BCUT2D eigenvalue weighted by atomic mass is 9.76. The number of epoxide rings is 1. The van der Waals surface area contributed by atoms with Crippen LogP contribution in [0.3, 0.4) is 0 Å². The SMILES string of the molecule is CC(C(=O)O[C@@H]1CC2CC(C3CO3)C(C1)[N+]2(C)C)(c1ccccc1)c1ccccc1. The molecule has 3 heterocycles. The molecule has 3 aliphatic heterocycles. The quantitative estimate of drug-likeness (QED) is 0.429. The van der Waals surface area contributed by atoms with Gasteiger partial charge in [0, 0.05) is 25.2 Å². The van der Waals surface area contributed by atoms with Crippen molar-refractivity contribution in [3.05, 3.63) is 71.8 Å². The molecule has 0 radical (unpaired) electrons. The van der Waals surface area contributed by atoms with Gasteiger partial charge in [0.05, 0.1) is 38.9 Å². The molecule has 4 nitrogen and oxygen atoms in total. The van der Waals surface area contributed by atoms with Gasteiger partial charge < -0.3 is 14.0 Å². The summed E-state index contributed by atoms with van der Waals surface area (Å²) in [6, 6.07) is 21.1. The molecular weight excluding hydrogens is 374 g/mol. The highest BCUT2D eigenvalue weighted by molar-refractivity contribution is 5.87. The van der Waals surface area contributed by atoms with Crippen molar-refractivity contribution < 1.29 is 18.8 Å². The van der Waals surface area contributed by atoms with Crippen LogP contribution in [0.2, 0.25) is 0 Å². The predicted octanol–water partition coefficient (Wildman–Crippen LogP) is 3.93. The van der Waals surface area contributed by atoms with Crippen LogP contribution >= 0.6 is 0 Å². The van der Waals surface area contributed by atoms with E-state index in [-0.39, 0.29) is 12.1 Å². The molecule has 0 spiro atoms. The number of hydrogen-bond donors (Lipinski definition) is 0. The smallest absolute Gasteiger partial charge is 0.321 e. The van der Waals surface area contributed by atoms with E-state index in [0.29, 0.717) is 24.1 Å². The number of carbonyl (C=O) groups is 1. The number of piperidine rings is 1. The number of fused-ring (bicyclic) bond motifs is 2. The Morgan fingerprint density at radius 3 is 2.07 bits per heavy atom. The van der Waals surface area contributed by atoms with E-state index in [1.807, 2.05) is 67.6 Å². The average molecular weight is 407 g/mol. The third kappa shape index (κ3) is 3.17. The molecule has 5 rings (SSSR count). The Labute approximate surface area is 179 Å². The van der Waals surface area contributed by atoms with Crippen LogP contribution in [0, 0.1) is 5.92 Å². The van der Waals surface area contributed by atoms with E-state index < -0.39 is 5.41 Å². The van der Waals surface area contributed by atoms with Crippen LogP contribution in [-0.4, -0.2) is 55.4 Å². The molecule has 3 aliphatic rings. The molecule has 0 N–H and O–H groups in total. The van der Waals surface area contributed by atoms with Crippen LogP contribution in [0.5, 0.6) is 0 Å². The van der Waals surface area contributed by atoms with E-state index in [1.54, 1.807) is 0 Å². The van der Waals surface area contributed by atoms with Crippen LogP contribution in [-0.2, 0) is 19.7 Å². The van der Waals surface area contributed by atoms with Gasteiger partial charge in [-0.15, -0.1) is 0 Å². The zero-order valence-electron chi connectivity index (χ0n) is 18.2. The summed E-state index contributed by atoms with van der Waals surface area (Å²) in [5.74, 6) is 0.457. The molecule has 2 bridgehead atoms. The lowest BCUT2D eigenvalue weighted by Gasteiger charge is -2.45. The summed E-state index contributed by atoms with van der Waals surface area (Å²) in [5, 5.41) is 0. The number of esters is 1. The van der Waals surface area contributed by atoms with Crippen LogP contribution in [0.25, 0.3) is 0 Å². The molecule has 4 unspecified atom stereocenters. The topological polar surface area (TPSA) is 38.8 Å². The van der Waals surface area contributed by atoms with Crippen LogP contribution < -0.4 is 0 Å². The van der Waals surface area contributed by atoms with Gasteiger partial charge in [-0.2, -0.15) is 0 Å². The van der Waals surface area contributed by atoms with Gasteiger partial charge in [0.2, 0.25) is 0 Å². The van der Waals surface area contributed by atoms with E-state index in [4.69, 9.17) is 9.47 Å². The fraction of sp³-hybridized carbons (Fsp3) is 0.500. The fourth-order valence-corrected chi connectivity index (χ4v) is 6.00. The molecule has 2 aromatic rings. The summed E-state index contributed by atoms with van der Waals surface area (Å²) in [6.07, 6.45) is 3.46. The fourth-order valence-electron chi connectivity index (χ4n) is 6.00. The van der Waals surface area contributed by atoms with Crippen molar-refractivity contribution in [2.45, 2.75) is 55.9 Å². The standard InChI is InChI=1S/C26H32NO3/c1-26(18-10-6-4-7-11-18,19-12-8-5-9-13-19)25(28)30-21-14-20-15-22(24-17-29-24)23(16-21)27(20,2)3/h4-13,20-24H,14-17H2,1-3H3/q+1/t20?,21-,22?,23?,24?/m1/s1. The maximum atomic E-state index is 13.7. The van der Waals surface area contributed by atoms with E-state index in [2.05, 4.69) is 14.1 Å². The van der Waals surface area contributed by atoms with Crippen molar-refractivity contribution in [3.8, 4) is 0 Å². The molecule has 0 aliphatic carbocycles. The van der Waals surface area contributed by atoms with E-state index in [9.17, 15) is 4.79 Å². The van der Waals surface area contributed by atoms with Crippen LogP contribution in [0.4, 0.5) is 0 Å². The second-order valence-electron chi connectivity index (χ2n) is 9.98. The summed E-state index contributed by atoms with van der Waals surface area (Å²) in [5.41, 5.74) is 1.13. The number of quaternary nitrogens is 1. The van der Waals surface area contributed by atoms with Gasteiger partial charge in [0.25, 0.3) is 0 Å². The molecule has 3 fully saturated rings. The van der Waals surface area contributed by atoms with Gasteiger partial charge in [-0.1, -0.05) is 60.7 Å². The second-order valence-corrected chi connectivity index (χ2v) is 9.98. The average Bonchev–Trinajstić information content (AvgIpc) is 3.58.